The topological polar surface area (TPSA) is 70.1 Å². The highest BCUT2D eigenvalue weighted by molar-refractivity contribution is 5.80. The van der Waals surface area contributed by atoms with Crippen molar-refractivity contribution in [2.45, 2.75) is 31.3 Å². The highest BCUT2D eigenvalue weighted by Crippen LogP contribution is 2.24. The van der Waals surface area contributed by atoms with Crippen LogP contribution in [-0.4, -0.2) is 65.1 Å². The van der Waals surface area contributed by atoms with E-state index in [2.05, 4.69) is 0 Å². The number of rotatable bonds is 6. The maximum atomic E-state index is 12.9. The monoisotopic (exact) mass is 350 g/mol. The lowest BCUT2D eigenvalue weighted by Crippen LogP contribution is -2.41. The Labute approximate surface area is 146 Å². The number of nitrogens with zero attached hydrogens (tertiary/aromatic N) is 2. The van der Waals surface area contributed by atoms with Gasteiger partial charge in [-0.05, 0) is 37.1 Å². The Kier molecular flexibility index (Phi) is 5.22. The van der Waals surface area contributed by atoms with E-state index in [0.29, 0.717) is 31.7 Å². The largest absolute Gasteiger partial charge is 0.491 e. The van der Waals surface area contributed by atoms with Gasteiger partial charge in [0.1, 0.15) is 23.8 Å². The normalized spacial score (nSPS) is 23.4. The highest BCUT2D eigenvalue weighted by Gasteiger charge is 2.39. The summed E-state index contributed by atoms with van der Waals surface area (Å²) in [5.74, 6) is 0.183. The number of ether oxygens (including phenoxy) is 1. The molecule has 0 saturated carbocycles. The van der Waals surface area contributed by atoms with Gasteiger partial charge in [0, 0.05) is 32.5 Å². The first kappa shape index (κ1) is 17.7. The molecule has 1 unspecified atom stereocenters. The van der Waals surface area contributed by atoms with Crippen molar-refractivity contribution >= 4 is 11.8 Å². The van der Waals surface area contributed by atoms with Gasteiger partial charge in [0.05, 0.1) is 6.54 Å². The molecule has 6 nitrogen and oxygen atoms in total. The highest BCUT2D eigenvalue weighted by atomic mass is 19.1. The average Bonchev–Trinajstić information content (AvgIpc) is 3.19. The summed E-state index contributed by atoms with van der Waals surface area (Å²) in [6.45, 7) is 1.89. The van der Waals surface area contributed by atoms with Crippen LogP contribution in [0.2, 0.25) is 0 Å². The molecule has 0 bridgehead atoms. The van der Waals surface area contributed by atoms with Gasteiger partial charge in [0.2, 0.25) is 11.8 Å². The van der Waals surface area contributed by atoms with Crippen molar-refractivity contribution in [3.05, 3.63) is 30.1 Å². The molecule has 1 N–H and O–H groups in total. The fraction of sp³-hybridized carbons (Fsp3) is 0.556. The second-order valence-corrected chi connectivity index (χ2v) is 6.77. The number of aliphatic hydroxyl groups is 1. The molecule has 2 aliphatic heterocycles. The minimum atomic E-state index is -1.10. The van der Waals surface area contributed by atoms with Gasteiger partial charge in [-0.3, -0.25) is 9.59 Å². The number of carbonyl (C=O) groups is 2. The number of halogens is 1. The Morgan fingerprint density at radius 1 is 1.28 bits per heavy atom. The molecular formula is C18H23FN2O4. The summed E-state index contributed by atoms with van der Waals surface area (Å²) in [5, 5.41) is 10.6. The molecule has 2 heterocycles. The van der Waals surface area contributed by atoms with Gasteiger partial charge >= 0.3 is 0 Å². The van der Waals surface area contributed by atoms with Crippen molar-refractivity contribution in [1.29, 1.82) is 0 Å². The van der Waals surface area contributed by atoms with E-state index in [-0.39, 0.29) is 37.2 Å². The maximum absolute atomic E-state index is 12.9. The summed E-state index contributed by atoms with van der Waals surface area (Å²) in [4.78, 5) is 27.2. The Balaban J connectivity index is 1.45. The van der Waals surface area contributed by atoms with E-state index in [9.17, 15) is 19.1 Å². The van der Waals surface area contributed by atoms with Crippen LogP contribution >= 0.6 is 0 Å². The molecule has 0 aliphatic carbocycles. The van der Waals surface area contributed by atoms with E-state index in [0.717, 1.165) is 13.0 Å². The maximum Gasteiger partial charge on any atom is 0.224 e. The SMILES string of the molecule is O=C1CCCN1CCC(=O)N1CCC(O)(COc2ccc(F)cc2)C1. The summed E-state index contributed by atoms with van der Waals surface area (Å²) in [5.41, 5.74) is -1.10. The quantitative estimate of drug-likeness (QED) is 0.836. The summed E-state index contributed by atoms with van der Waals surface area (Å²) in [6.07, 6.45) is 2.14. The zero-order chi connectivity index (χ0) is 17.9. The molecule has 2 aliphatic rings. The first-order valence-electron chi connectivity index (χ1n) is 8.61. The first-order valence-corrected chi connectivity index (χ1v) is 8.61. The lowest BCUT2D eigenvalue weighted by atomic mass is 10.1. The number of β-amino-alcohol motifs (C(OH)–C–C–N with tert-alkyl or cyclic N) is 1. The van der Waals surface area contributed by atoms with Crippen LogP contribution in [0.1, 0.15) is 25.7 Å². The van der Waals surface area contributed by atoms with E-state index in [1.54, 1.807) is 9.80 Å². The van der Waals surface area contributed by atoms with Crippen LogP contribution < -0.4 is 4.74 Å². The molecule has 1 atom stereocenters. The Morgan fingerprint density at radius 2 is 2.04 bits per heavy atom. The fourth-order valence-electron chi connectivity index (χ4n) is 3.26. The van der Waals surface area contributed by atoms with Crippen LogP contribution in [0.5, 0.6) is 5.75 Å². The van der Waals surface area contributed by atoms with E-state index in [1.807, 2.05) is 0 Å². The number of likely N-dealkylation sites (tertiary alicyclic amines) is 2. The molecule has 0 aromatic heterocycles. The van der Waals surface area contributed by atoms with E-state index in [4.69, 9.17) is 4.74 Å². The molecule has 136 valence electrons. The summed E-state index contributed by atoms with van der Waals surface area (Å²) < 4.78 is 18.4. The van der Waals surface area contributed by atoms with Crippen molar-refractivity contribution in [2.75, 3.05) is 32.8 Å². The zero-order valence-electron chi connectivity index (χ0n) is 14.1. The molecule has 2 saturated heterocycles. The van der Waals surface area contributed by atoms with Crippen LogP contribution in [0, 0.1) is 5.82 Å². The van der Waals surface area contributed by atoms with Crippen LogP contribution in [0.4, 0.5) is 4.39 Å². The van der Waals surface area contributed by atoms with Crippen molar-refractivity contribution in [3.63, 3.8) is 0 Å². The van der Waals surface area contributed by atoms with Crippen LogP contribution in [0.15, 0.2) is 24.3 Å². The Hall–Kier alpha value is -2.15. The van der Waals surface area contributed by atoms with Gasteiger partial charge in [-0.1, -0.05) is 0 Å². The predicted octanol–water partition coefficient (Wildman–Crippen LogP) is 1.18. The van der Waals surface area contributed by atoms with Gasteiger partial charge in [0.15, 0.2) is 0 Å². The second kappa shape index (κ2) is 7.39. The third-order valence-corrected chi connectivity index (χ3v) is 4.77. The average molecular weight is 350 g/mol. The molecule has 25 heavy (non-hydrogen) atoms. The predicted molar refractivity (Wildman–Crippen MR) is 88.5 cm³/mol. The van der Waals surface area contributed by atoms with Gasteiger partial charge in [0.25, 0.3) is 0 Å². The molecular weight excluding hydrogens is 327 g/mol. The molecule has 3 rings (SSSR count). The van der Waals surface area contributed by atoms with Crippen molar-refractivity contribution in [2.24, 2.45) is 0 Å². The number of hydrogen-bond acceptors (Lipinski definition) is 4. The van der Waals surface area contributed by atoms with Crippen molar-refractivity contribution in [3.8, 4) is 5.75 Å². The molecule has 1 aromatic carbocycles. The number of carbonyl (C=O) groups excluding carboxylic acids is 2. The second-order valence-electron chi connectivity index (χ2n) is 6.77. The number of benzene rings is 1. The van der Waals surface area contributed by atoms with Crippen LogP contribution in [0.25, 0.3) is 0 Å². The smallest absolute Gasteiger partial charge is 0.224 e. The summed E-state index contributed by atoms with van der Waals surface area (Å²) >= 11 is 0. The Morgan fingerprint density at radius 3 is 2.72 bits per heavy atom. The lowest BCUT2D eigenvalue weighted by Gasteiger charge is -2.24. The number of amides is 2. The van der Waals surface area contributed by atoms with Gasteiger partial charge in [-0.15, -0.1) is 0 Å². The minimum absolute atomic E-state index is 0.0486. The van der Waals surface area contributed by atoms with Crippen molar-refractivity contribution in [1.82, 2.24) is 9.80 Å². The van der Waals surface area contributed by atoms with E-state index >= 15 is 0 Å². The fourth-order valence-corrected chi connectivity index (χ4v) is 3.26. The van der Waals surface area contributed by atoms with Gasteiger partial charge in [-0.2, -0.15) is 0 Å². The van der Waals surface area contributed by atoms with Crippen LogP contribution in [-0.2, 0) is 9.59 Å². The van der Waals surface area contributed by atoms with E-state index < -0.39 is 5.60 Å². The zero-order valence-corrected chi connectivity index (χ0v) is 14.1. The molecule has 0 spiro atoms. The standard InChI is InChI=1S/C18H23FN2O4/c19-14-3-5-15(6-4-14)25-13-18(24)8-11-21(12-18)17(23)7-10-20-9-1-2-16(20)22/h3-6,24H,1-2,7-13H2. The van der Waals surface area contributed by atoms with Crippen molar-refractivity contribution < 1.29 is 23.8 Å². The summed E-state index contributed by atoms with van der Waals surface area (Å²) in [6, 6.07) is 5.60. The number of hydrogen-bond donors (Lipinski definition) is 1. The molecule has 2 fully saturated rings. The van der Waals surface area contributed by atoms with Gasteiger partial charge in [-0.25, -0.2) is 4.39 Å². The first-order chi connectivity index (χ1) is 12.0. The molecule has 0 radical (unpaired) electrons. The van der Waals surface area contributed by atoms with Crippen LogP contribution in [0.3, 0.4) is 0 Å². The summed E-state index contributed by atoms with van der Waals surface area (Å²) in [7, 11) is 0. The third kappa shape index (κ3) is 4.48. The molecule has 2 amide bonds. The molecule has 1 aromatic rings. The minimum Gasteiger partial charge on any atom is -0.491 e. The lowest BCUT2D eigenvalue weighted by molar-refractivity contribution is -0.133. The van der Waals surface area contributed by atoms with E-state index in [1.165, 1.54) is 24.3 Å². The van der Waals surface area contributed by atoms with Gasteiger partial charge < -0.3 is 19.6 Å². The Bertz CT molecular complexity index is 636. The third-order valence-electron chi connectivity index (χ3n) is 4.77. The molecule has 7 heteroatoms.